The van der Waals surface area contributed by atoms with E-state index in [1.807, 2.05) is 39.0 Å². The molecule has 1 aromatic rings. The van der Waals surface area contributed by atoms with Crippen LogP contribution in [-0.4, -0.2) is 42.1 Å². The highest BCUT2D eigenvalue weighted by atomic mass is 16.6. The second-order valence-electron chi connectivity index (χ2n) is 8.29. The third kappa shape index (κ3) is 3.97. The molecule has 2 saturated heterocycles. The molecule has 1 atom stereocenters. The lowest BCUT2D eigenvalue weighted by Crippen LogP contribution is -2.48. The molecule has 1 spiro atoms. The molecule has 0 saturated carbocycles. The zero-order valence-electron chi connectivity index (χ0n) is 15.4. The Bertz CT molecular complexity index is 628. The van der Waals surface area contributed by atoms with Crippen molar-refractivity contribution in [2.24, 2.45) is 11.3 Å². The molecule has 3 rings (SSSR count). The van der Waals surface area contributed by atoms with Gasteiger partial charge in [-0.15, -0.1) is 0 Å². The van der Waals surface area contributed by atoms with Gasteiger partial charge in [0.25, 0.3) is 0 Å². The Labute approximate surface area is 149 Å². The second kappa shape index (κ2) is 6.70. The summed E-state index contributed by atoms with van der Waals surface area (Å²) in [6.45, 7) is 7.65. The van der Waals surface area contributed by atoms with Gasteiger partial charge in [-0.25, -0.2) is 4.79 Å². The van der Waals surface area contributed by atoms with Crippen molar-refractivity contribution in [3.8, 4) is 0 Å². The van der Waals surface area contributed by atoms with Gasteiger partial charge in [0.2, 0.25) is 5.91 Å². The third-order valence-corrected chi connectivity index (χ3v) is 5.36. The molecule has 0 bridgehead atoms. The fourth-order valence-electron chi connectivity index (χ4n) is 3.93. The third-order valence-electron chi connectivity index (χ3n) is 5.36. The second-order valence-corrected chi connectivity index (χ2v) is 8.29. The van der Waals surface area contributed by atoms with Gasteiger partial charge >= 0.3 is 6.09 Å². The summed E-state index contributed by atoms with van der Waals surface area (Å²) < 4.78 is 5.48. The molecule has 2 amide bonds. The van der Waals surface area contributed by atoms with Crippen LogP contribution in [0.3, 0.4) is 0 Å². The van der Waals surface area contributed by atoms with E-state index in [1.54, 1.807) is 4.90 Å². The molecule has 2 heterocycles. The number of likely N-dealkylation sites (tertiary alicyclic amines) is 1. The Kier molecular flexibility index (Phi) is 4.76. The molecule has 1 aromatic carbocycles. The molecule has 1 unspecified atom stereocenters. The quantitative estimate of drug-likeness (QED) is 0.897. The van der Waals surface area contributed by atoms with Crippen LogP contribution in [-0.2, 0) is 16.0 Å². The average Bonchev–Trinajstić information content (AvgIpc) is 2.85. The largest absolute Gasteiger partial charge is 0.444 e. The number of rotatable bonds is 2. The van der Waals surface area contributed by atoms with E-state index in [2.05, 4.69) is 17.4 Å². The van der Waals surface area contributed by atoms with Crippen LogP contribution in [0.2, 0.25) is 0 Å². The van der Waals surface area contributed by atoms with Gasteiger partial charge in [-0.1, -0.05) is 30.3 Å². The van der Waals surface area contributed by atoms with E-state index < -0.39 is 5.60 Å². The molecule has 2 aliphatic heterocycles. The highest BCUT2D eigenvalue weighted by Gasteiger charge is 2.50. The van der Waals surface area contributed by atoms with Crippen LogP contribution in [0.1, 0.15) is 39.2 Å². The van der Waals surface area contributed by atoms with Crippen LogP contribution in [0, 0.1) is 11.3 Å². The first-order valence-electron chi connectivity index (χ1n) is 9.09. The summed E-state index contributed by atoms with van der Waals surface area (Å²) in [5, 5.41) is 3.06. The molecule has 1 N–H and O–H groups in total. The zero-order chi connectivity index (χ0) is 18.1. The van der Waals surface area contributed by atoms with Crippen LogP contribution < -0.4 is 5.32 Å². The fourth-order valence-corrected chi connectivity index (χ4v) is 3.93. The van der Waals surface area contributed by atoms with E-state index in [0.717, 1.165) is 19.3 Å². The number of carbonyl (C=O) groups is 2. The Balaban J connectivity index is 1.66. The Morgan fingerprint density at radius 1 is 1.24 bits per heavy atom. The van der Waals surface area contributed by atoms with E-state index >= 15 is 0 Å². The van der Waals surface area contributed by atoms with E-state index in [9.17, 15) is 9.59 Å². The van der Waals surface area contributed by atoms with Crippen molar-refractivity contribution in [2.45, 2.75) is 45.6 Å². The zero-order valence-corrected chi connectivity index (χ0v) is 15.4. The number of amides is 2. The van der Waals surface area contributed by atoms with Crippen molar-refractivity contribution in [1.29, 1.82) is 0 Å². The predicted molar refractivity (Wildman–Crippen MR) is 96.1 cm³/mol. The monoisotopic (exact) mass is 344 g/mol. The number of nitrogens with one attached hydrogen (secondary N) is 1. The molecule has 25 heavy (non-hydrogen) atoms. The maximum absolute atomic E-state index is 12.4. The van der Waals surface area contributed by atoms with Crippen molar-refractivity contribution in [2.75, 3.05) is 19.6 Å². The van der Waals surface area contributed by atoms with Gasteiger partial charge in [0, 0.05) is 31.0 Å². The summed E-state index contributed by atoms with van der Waals surface area (Å²) in [5.41, 5.74) is 0.664. The Morgan fingerprint density at radius 3 is 2.48 bits per heavy atom. The fraction of sp³-hybridized carbons (Fsp3) is 0.600. The summed E-state index contributed by atoms with van der Waals surface area (Å²) in [4.78, 5) is 26.5. The highest BCUT2D eigenvalue weighted by Crippen LogP contribution is 2.43. The number of hydrogen-bond donors (Lipinski definition) is 1. The first kappa shape index (κ1) is 17.8. The summed E-state index contributed by atoms with van der Waals surface area (Å²) in [7, 11) is 0. The van der Waals surface area contributed by atoms with Crippen LogP contribution >= 0.6 is 0 Å². The molecular weight excluding hydrogens is 316 g/mol. The van der Waals surface area contributed by atoms with Crippen molar-refractivity contribution < 1.29 is 14.3 Å². The number of ether oxygens (including phenoxy) is 1. The standard InChI is InChI=1S/C20H28N2O3/c1-19(2,3)25-18(24)22-11-9-20(10-12-22)14-21-17(23)16(20)13-15-7-5-4-6-8-15/h4-8,16H,9-14H2,1-3H3,(H,21,23). The smallest absolute Gasteiger partial charge is 0.410 e. The van der Waals surface area contributed by atoms with Crippen LogP contribution in [0.25, 0.3) is 0 Å². The molecule has 5 nitrogen and oxygen atoms in total. The Morgan fingerprint density at radius 2 is 1.88 bits per heavy atom. The lowest BCUT2D eigenvalue weighted by Gasteiger charge is -2.41. The number of piperidine rings is 1. The number of nitrogens with zero attached hydrogens (tertiary/aromatic N) is 1. The maximum atomic E-state index is 12.4. The maximum Gasteiger partial charge on any atom is 0.410 e. The van der Waals surface area contributed by atoms with E-state index in [-0.39, 0.29) is 23.3 Å². The topological polar surface area (TPSA) is 58.6 Å². The number of hydrogen-bond acceptors (Lipinski definition) is 3. The highest BCUT2D eigenvalue weighted by molar-refractivity contribution is 5.82. The van der Waals surface area contributed by atoms with Crippen LogP contribution in [0.15, 0.2) is 30.3 Å². The molecule has 0 aliphatic carbocycles. The van der Waals surface area contributed by atoms with Crippen molar-refractivity contribution >= 4 is 12.0 Å². The SMILES string of the molecule is CC(C)(C)OC(=O)N1CCC2(CC1)CNC(=O)C2Cc1ccccc1. The molecule has 0 aromatic heterocycles. The summed E-state index contributed by atoms with van der Waals surface area (Å²) >= 11 is 0. The Hall–Kier alpha value is -2.04. The molecule has 0 radical (unpaired) electrons. The van der Waals surface area contributed by atoms with Gasteiger partial charge in [0.1, 0.15) is 5.60 Å². The van der Waals surface area contributed by atoms with Gasteiger partial charge in [-0.3, -0.25) is 4.79 Å². The van der Waals surface area contributed by atoms with Crippen LogP contribution in [0.5, 0.6) is 0 Å². The van der Waals surface area contributed by atoms with Gasteiger partial charge in [0.15, 0.2) is 0 Å². The summed E-state index contributed by atoms with van der Waals surface area (Å²) in [5.74, 6) is 0.130. The molecule has 136 valence electrons. The van der Waals surface area contributed by atoms with Gasteiger partial charge in [-0.05, 0) is 45.6 Å². The number of benzene rings is 1. The van der Waals surface area contributed by atoms with Gasteiger partial charge in [0.05, 0.1) is 0 Å². The normalized spacial score (nSPS) is 22.8. The first-order valence-corrected chi connectivity index (χ1v) is 9.09. The van der Waals surface area contributed by atoms with E-state index in [4.69, 9.17) is 4.74 Å². The predicted octanol–water partition coefficient (Wildman–Crippen LogP) is 2.99. The van der Waals surface area contributed by atoms with Crippen LogP contribution in [0.4, 0.5) is 4.79 Å². The van der Waals surface area contributed by atoms with Crippen molar-refractivity contribution in [3.63, 3.8) is 0 Å². The lowest BCUT2D eigenvalue weighted by atomic mass is 9.68. The lowest BCUT2D eigenvalue weighted by molar-refractivity contribution is -0.124. The van der Waals surface area contributed by atoms with Gasteiger partial charge < -0.3 is 15.0 Å². The minimum Gasteiger partial charge on any atom is -0.444 e. The van der Waals surface area contributed by atoms with Crippen molar-refractivity contribution in [3.05, 3.63) is 35.9 Å². The minimum atomic E-state index is -0.479. The average molecular weight is 344 g/mol. The first-order chi connectivity index (χ1) is 11.8. The molecule has 5 heteroatoms. The summed E-state index contributed by atoms with van der Waals surface area (Å²) in [6, 6.07) is 10.2. The minimum absolute atomic E-state index is 0.0179. The van der Waals surface area contributed by atoms with Crippen molar-refractivity contribution in [1.82, 2.24) is 10.2 Å². The van der Waals surface area contributed by atoms with E-state index in [1.165, 1.54) is 5.56 Å². The molecule has 2 aliphatic rings. The van der Waals surface area contributed by atoms with Gasteiger partial charge in [-0.2, -0.15) is 0 Å². The molecule has 2 fully saturated rings. The summed E-state index contributed by atoms with van der Waals surface area (Å²) in [6.07, 6.45) is 2.18. The van der Waals surface area contributed by atoms with E-state index in [0.29, 0.717) is 19.6 Å². The number of carbonyl (C=O) groups excluding carboxylic acids is 2. The molecular formula is C20H28N2O3.